The highest BCUT2D eigenvalue weighted by molar-refractivity contribution is 7.68. The molecule has 0 saturated carbocycles. The number of fused-ring (bicyclic) bond motifs is 9. The molecule has 58 heavy (non-hydrogen) atoms. The fourth-order valence-electron chi connectivity index (χ4n) is 8.12. The van der Waals surface area contributed by atoms with E-state index in [1.54, 1.807) is 0 Å². The maximum Gasteiger partial charge on any atom is 0.453 e. The van der Waals surface area contributed by atoms with E-state index < -0.39 is 16.4 Å². The molecule has 0 atom stereocenters. The Balaban J connectivity index is 1.17. The maximum absolute atomic E-state index is 7.32. The van der Waals surface area contributed by atoms with Crippen LogP contribution in [0.1, 0.15) is 0 Å². The van der Waals surface area contributed by atoms with Gasteiger partial charge < -0.3 is 17.4 Å². The summed E-state index contributed by atoms with van der Waals surface area (Å²) in [4.78, 5) is 0. The van der Waals surface area contributed by atoms with Crippen molar-refractivity contribution in [2.45, 2.75) is 0 Å². The Kier molecular flexibility index (Phi) is 8.66. The Morgan fingerprint density at radius 2 is 0.724 bits per heavy atom. The Morgan fingerprint density at radius 1 is 0.345 bits per heavy atom. The molecule has 0 N–H and O–H groups in total. The number of hydrogen-bond acceptors (Lipinski definition) is 4. The fraction of sp³-hybridized carbons (Fsp3) is 0. The van der Waals surface area contributed by atoms with Crippen LogP contribution in [-0.4, -0.2) is 0 Å². The predicted octanol–water partition coefficient (Wildman–Crippen LogP) is 14.8. The average Bonchev–Trinajstić information content (AvgIpc) is 3.45. The second-order valence-corrected chi connectivity index (χ2v) is 17.0. The Labute approximate surface area is 337 Å². The molecule has 1 aromatic heterocycles. The highest BCUT2D eigenvalue weighted by atomic mass is 31.1. The lowest BCUT2D eigenvalue weighted by atomic mass is 9.92. The molecule has 0 aliphatic carbocycles. The normalized spacial score (nSPS) is 11.6. The summed E-state index contributed by atoms with van der Waals surface area (Å²) in [5.41, 5.74) is 3.30. The summed E-state index contributed by atoms with van der Waals surface area (Å²) < 4.78 is 28.2. The fourth-order valence-corrected chi connectivity index (χ4v) is 10.9. The van der Waals surface area contributed by atoms with Crippen LogP contribution in [0.4, 0.5) is 0 Å². The van der Waals surface area contributed by atoms with Crippen molar-refractivity contribution in [3.63, 3.8) is 0 Å². The molecule has 0 spiro atoms. The van der Waals surface area contributed by atoms with Gasteiger partial charge in [-0.2, -0.15) is 0 Å². The van der Waals surface area contributed by atoms with Crippen LogP contribution < -0.4 is 19.7 Å². The van der Waals surface area contributed by atoms with Gasteiger partial charge in [-0.25, -0.2) is 0 Å². The van der Waals surface area contributed by atoms with Crippen molar-refractivity contribution in [3.8, 4) is 22.6 Å². The quantitative estimate of drug-likeness (QED) is 0.151. The lowest BCUT2D eigenvalue weighted by molar-refractivity contribution is 0.499. The van der Waals surface area contributed by atoms with Gasteiger partial charge in [0.1, 0.15) is 22.7 Å². The zero-order valence-corrected chi connectivity index (χ0v) is 32.9. The average molecular weight is 785 g/mol. The largest absolute Gasteiger partial charge is 0.464 e. The van der Waals surface area contributed by atoms with E-state index in [-0.39, 0.29) is 0 Å². The van der Waals surface area contributed by atoms with Crippen molar-refractivity contribution in [3.05, 3.63) is 206 Å². The molecule has 0 radical (unpaired) electrons. The van der Waals surface area contributed by atoms with Gasteiger partial charge in [0, 0.05) is 32.5 Å². The van der Waals surface area contributed by atoms with Crippen LogP contribution >= 0.6 is 16.4 Å². The van der Waals surface area contributed by atoms with E-state index in [1.165, 1.54) is 0 Å². The van der Waals surface area contributed by atoms with Gasteiger partial charge in [-0.3, -0.25) is 0 Å². The third-order valence-electron chi connectivity index (χ3n) is 10.8. The third kappa shape index (κ3) is 6.06. The van der Waals surface area contributed by atoms with Gasteiger partial charge in [0.2, 0.25) is 0 Å². The smallest absolute Gasteiger partial charge is 0.453 e. The van der Waals surface area contributed by atoms with Gasteiger partial charge in [0.15, 0.2) is 8.15 Å². The number of benzene rings is 10. The summed E-state index contributed by atoms with van der Waals surface area (Å²) in [6.45, 7) is 0. The molecule has 6 heteroatoms. The van der Waals surface area contributed by atoms with Crippen LogP contribution in [0.5, 0.6) is 11.5 Å². The highest BCUT2D eigenvalue weighted by Crippen LogP contribution is 2.51. The van der Waals surface area contributed by atoms with Gasteiger partial charge in [-0.1, -0.05) is 182 Å². The Bertz CT molecular complexity index is 3230. The van der Waals surface area contributed by atoms with E-state index in [2.05, 4.69) is 176 Å². The van der Waals surface area contributed by atoms with E-state index in [4.69, 9.17) is 17.4 Å². The van der Waals surface area contributed by atoms with Crippen LogP contribution in [-0.2, 0) is 0 Å². The van der Waals surface area contributed by atoms with Gasteiger partial charge in [0.05, 0.1) is 0 Å². The zero-order chi connectivity index (χ0) is 38.4. The van der Waals surface area contributed by atoms with Crippen molar-refractivity contribution in [1.82, 2.24) is 0 Å². The topological polar surface area (TPSA) is 44.7 Å². The molecule has 11 rings (SSSR count). The molecule has 11 aromatic rings. The summed E-state index contributed by atoms with van der Waals surface area (Å²) in [6, 6.07) is 71.5. The summed E-state index contributed by atoms with van der Waals surface area (Å²) in [5.74, 6) is 1.41. The first-order chi connectivity index (χ1) is 28.8. The first-order valence-corrected chi connectivity index (χ1v) is 21.6. The van der Waals surface area contributed by atoms with Crippen molar-refractivity contribution >= 4 is 92.0 Å². The van der Waals surface area contributed by atoms with Crippen LogP contribution in [0, 0.1) is 0 Å². The summed E-state index contributed by atoms with van der Waals surface area (Å²) in [7, 11) is -3.23. The minimum atomic E-state index is -2.00. The van der Waals surface area contributed by atoms with E-state index >= 15 is 0 Å². The van der Waals surface area contributed by atoms with E-state index in [0.717, 1.165) is 81.3 Å². The lowest BCUT2D eigenvalue weighted by Crippen LogP contribution is -2.15. The van der Waals surface area contributed by atoms with Crippen LogP contribution in [0.25, 0.3) is 76.2 Å². The first-order valence-electron chi connectivity index (χ1n) is 19.3. The molecule has 1 heterocycles. The second-order valence-electron chi connectivity index (χ2n) is 14.2. The molecule has 0 aliphatic rings. The number of hydrogen-bond donors (Lipinski definition) is 0. The Hall–Kier alpha value is -6.83. The highest BCUT2D eigenvalue weighted by Gasteiger charge is 2.25. The summed E-state index contributed by atoms with van der Waals surface area (Å²) in [5, 5.41) is 13.0. The van der Waals surface area contributed by atoms with E-state index in [1.807, 2.05) is 30.3 Å². The molecule has 10 aromatic carbocycles. The van der Waals surface area contributed by atoms with Crippen LogP contribution in [0.3, 0.4) is 0 Å². The van der Waals surface area contributed by atoms with Crippen molar-refractivity contribution in [2.24, 2.45) is 0 Å². The van der Waals surface area contributed by atoms with Gasteiger partial charge in [-0.15, -0.1) is 0 Å². The van der Waals surface area contributed by atoms with Crippen molar-refractivity contribution in [2.75, 3.05) is 0 Å². The van der Waals surface area contributed by atoms with Gasteiger partial charge in [0.25, 0.3) is 0 Å². The monoisotopic (exact) mass is 784 g/mol. The standard InChI is InChI=1S/C52H34O4P2/c1-3-19-39(20-4-1)57(40-21-5-2-6-22-40)53-45-31-27-35-15-7-11-23-41(35)49(45)50-42-24-12-8-16-36(42)28-32-46(50)54-58-55-47-33-29-37-17-9-13-25-43(37)51(47)52-44-26-14-10-18-38(44)30-34-48(52)56-58/h1-34H. The summed E-state index contributed by atoms with van der Waals surface area (Å²) >= 11 is 0. The number of rotatable bonds is 7. The molecule has 0 saturated heterocycles. The van der Waals surface area contributed by atoms with Gasteiger partial charge >= 0.3 is 8.24 Å². The maximum atomic E-state index is 7.32. The SMILES string of the molecule is c1ccc(P(Oc2ccc3ccccc3c2-c2c(Op3oc4ccc5ccccc5c4c4c(ccc5ccccc54)o3)ccc3ccccc23)c2ccccc2)cc1. The molecule has 4 nitrogen and oxygen atoms in total. The first kappa shape index (κ1) is 34.4. The van der Waals surface area contributed by atoms with Crippen LogP contribution in [0.2, 0.25) is 0 Å². The molecular weight excluding hydrogens is 751 g/mol. The molecule has 0 aliphatic heterocycles. The molecule has 0 amide bonds. The van der Waals surface area contributed by atoms with Crippen LogP contribution in [0.15, 0.2) is 215 Å². The van der Waals surface area contributed by atoms with Gasteiger partial charge in [-0.05, 0) is 67.4 Å². The minimum Gasteiger partial charge on any atom is -0.464 e. The van der Waals surface area contributed by atoms with E-state index in [9.17, 15) is 0 Å². The third-order valence-corrected chi connectivity index (χ3v) is 13.7. The Morgan fingerprint density at radius 3 is 1.22 bits per heavy atom. The molecule has 0 bridgehead atoms. The molecular formula is C52H34O4P2. The molecule has 276 valence electrons. The second kappa shape index (κ2) is 14.6. The lowest BCUT2D eigenvalue weighted by Gasteiger charge is -2.23. The zero-order valence-electron chi connectivity index (χ0n) is 31.2. The predicted molar refractivity (Wildman–Crippen MR) is 244 cm³/mol. The van der Waals surface area contributed by atoms with Crippen molar-refractivity contribution in [1.29, 1.82) is 0 Å². The molecule has 0 unspecified atom stereocenters. The van der Waals surface area contributed by atoms with E-state index in [0.29, 0.717) is 16.9 Å². The minimum absolute atomic E-state index is 0.640. The van der Waals surface area contributed by atoms with Crippen molar-refractivity contribution < 1.29 is 17.4 Å². The summed E-state index contributed by atoms with van der Waals surface area (Å²) in [6.07, 6.45) is 0. The molecule has 0 fully saturated rings.